The fraction of sp³-hybridized carbons (Fsp3) is 0.310. The van der Waals surface area contributed by atoms with Gasteiger partial charge in [-0.2, -0.15) is 0 Å². The van der Waals surface area contributed by atoms with Crippen molar-refractivity contribution in [3.63, 3.8) is 0 Å². The summed E-state index contributed by atoms with van der Waals surface area (Å²) in [5.41, 5.74) is 3.02. The van der Waals surface area contributed by atoms with E-state index in [2.05, 4.69) is 28.2 Å². The summed E-state index contributed by atoms with van der Waals surface area (Å²) in [6, 6.07) is 22.2. The Morgan fingerprint density at radius 1 is 1.03 bits per heavy atom. The molecule has 3 aromatic rings. The zero-order chi connectivity index (χ0) is 25.9. The van der Waals surface area contributed by atoms with Crippen molar-refractivity contribution < 1.29 is 14.3 Å². The Morgan fingerprint density at radius 2 is 1.78 bits per heavy atom. The van der Waals surface area contributed by atoms with Crippen LogP contribution in [-0.2, 0) is 22.6 Å². The van der Waals surface area contributed by atoms with Gasteiger partial charge in [0.15, 0.2) is 6.61 Å². The van der Waals surface area contributed by atoms with E-state index in [1.54, 1.807) is 23.1 Å². The van der Waals surface area contributed by atoms with Crippen LogP contribution in [0.5, 0.6) is 5.75 Å². The maximum Gasteiger partial charge on any atom is 0.261 e. The van der Waals surface area contributed by atoms with Gasteiger partial charge in [-0.05, 0) is 42.7 Å². The molecule has 3 rings (SSSR count). The number of halogens is 2. The third kappa shape index (κ3) is 8.38. The van der Waals surface area contributed by atoms with E-state index in [4.69, 9.17) is 16.3 Å². The zero-order valence-corrected chi connectivity index (χ0v) is 23.0. The molecular formula is C29H32BrClN2O3. The number of amides is 2. The highest BCUT2D eigenvalue weighted by Gasteiger charge is 2.30. The van der Waals surface area contributed by atoms with Crippen LogP contribution < -0.4 is 10.1 Å². The zero-order valence-electron chi connectivity index (χ0n) is 20.7. The quantitative estimate of drug-likeness (QED) is 0.258. The number of nitrogens with one attached hydrogen (secondary N) is 1. The van der Waals surface area contributed by atoms with Gasteiger partial charge in [0.05, 0.1) is 5.02 Å². The Balaban J connectivity index is 1.89. The number of carbonyl (C=O) groups excluding carboxylic acids is 2. The molecule has 0 saturated carbocycles. The van der Waals surface area contributed by atoms with Crippen molar-refractivity contribution in [2.75, 3.05) is 13.2 Å². The Hall–Kier alpha value is -2.83. The lowest BCUT2D eigenvalue weighted by Gasteiger charge is -2.31. The number of carbonyl (C=O) groups is 2. The number of benzene rings is 3. The topological polar surface area (TPSA) is 58.6 Å². The molecule has 0 unspecified atom stereocenters. The first-order valence-corrected chi connectivity index (χ1v) is 13.3. The molecule has 36 heavy (non-hydrogen) atoms. The maximum absolute atomic E-state index is 13.6. The van der Waals surface area contributed by atoms with E-state index < -0.39 is 6.04 Å². The van der Waals surface area contributed by atoms with E-state index in [0.29, 0.717) is 23.7 Å². The van der Waals surface area contributed by atoms with Crippen LogP contribution in [0.15, 0.2) is 77.3 Å². The number of unbranched alkanes of at least 4 members (excludes halogenated alkanes) is 1. The van der Waals surface area contributed by atoms with E-state index in [1.807, 2.05) is 61.5 Å². The standard InChI is InChI=1S/C29H32BrClN2O3/c1-3-4-15-32-29(35)26(17-22-10-6-5-7-11-22)33(19-23-12-8-9-21(2)16-23)28(34)20-36-27-14-13-24(30)18-25(27)31/h5-14,16,18,26H,3-4,15,17,19-20H2,1-2H3,(H,32,35)/t26-/m1/s1. The first-order valence-electron chi connectivity index (χ1n) is 12.1. The molecule has 190 valence electrons. The van der Waals surface area contributed by atoms with Crippen molar-refractivity contribution in [3.05, 3.63) is 99.0 Å². The third-order valence-corrected chi connectivity index (χ3v) is 6.57. The van der Waals surface area contributed by atoms with Gasteiger partial charge in [0.25, 0.3) is 5.91 Å². The predicted molar refractivity (Wildman–Crippen MR) is 148 cm³/mol. The molecule has 0 aliphatic carbocycles. The fourth-order valence-corrected chi connectivity index (χ4v) is 4.61. The van der Waals surface area contributed by atoms with Crippen LogP contribution in [0.1, 0.15) is 36.5 Å². The Morgan fingerprint density at radius 3 is 2.47 bits per heavy atom. The van der Waals surface area contributed by atoms with Crippen LogP contribution in [0.4, 0.5) is 0 Å². The number of hydrogen-bond acceptors (Lipinski definition) is 3. The lowest BCUT2D eigenvalue weighted by atomic mass is 10.0. The van der Waals surface area contributed by atoms with Crippen molar-refractivity contribution in [1.82, 2.24) is 10.2 Å². The van der Waals surface area contributed by atoms with Crippen LogP contribution in [0.25, 0.3) is 0 Å². The second kappa shape index (κ2) is 14.0. The summed E-state index contributed by atoms with van der Waals surface area (Å²) in [5.74, 6) is -0.0484. The normalized spacial score (nSPS) is 11.6. The largest absolute Gasteiger partial charge is 0.482 e. The van der Waals surface area contributed by atoms with Gasteiger partial charge in [-0.25, -0.2) is 0 Å². The Kier molecular flexibility index (Phi) is 10.8. The molecule has 0 aromatic heterocycles. The van der Waals surface area contributed by atoms with Crippen molar-refractivity contribution in [2.45, 2.75) is 45.7 Å². The molecule has 0 fully saturated rings. The second-order valence-electron chi connectivity index (χ2n) is 8.72. The first-order chi connectivity index (χ1) is 17.4. The monoisotopic (exact) mass is 570 g/mol. The van der Waals surface area contributed by atoms with Gasteiger partial charge < -0.3 is 15.0 Å². The van der Waals surface area contributed by atoms with Crippen LogP contribution in [0.3, 0.4) is 0 Å². The molecule has 3 aromatic carbocycles. The average Bonchev–Trinajstić information content (AvgIpc) is 2.86. The average molecular weight is 572 g/mol. The minimum Gasteiger partial charge on any atom is -0.482 e. The Labute approximate surface area is 226 Å². The lowest BCUT2D eigenvalue weighted by Crippen LogP contribution is -2.51. The molecule has 1 N–H and O–H groups in total. The first kappa shape index (κ1) is 27.8. The summed E-state index contributed by atoms with van der Waals surface area (Å²) in [4.78, 5) is 28.7. The minimum absolute atomic E-state index is 0.171. The van der Waals surface area contributed by atoms with Gasteiger partial charge in [0.1, 0.15) is 11.8 Å². The molecular weight excluding hydrogens is 540 g/mol. The maximum atomic E-state index is 13.6. The smallest absolute Gasteiger partial charge is 0.261 e. The van der Waals surface area contributed by atoms with Gasteiger partial charge in [0.2, 0.25) is 5.91 Å². The molecule has 0 heterocycles. The summed E-state index contributed by atoms with van der Waals surface area (Å²) in [7, 11) is 0. The summed E-state index contributed by atoms with van der Waals surface area (Å²) in [6.45, 7) is 4.70. The van der Waals surface area contributed by atoms with E-state index in [0.717, 1.165) is 34.0 Å². The van der Waals surface area contributed by atoms with E-state index in [9.17, 15) is 9.59 Å². The molecule has 0 radical (unpaired) electrons. The number of rotatable bonds is 12. The molecule has 5 nitrogen and oxygen atoms in total. The van der Waals surface area contributed by atoms with Crippen molar-refractivity contribution in [2.24, 2.45) is 0 Å². The van der Waals surface area contributed by atoms with E-state index in [1.165, 1.54) is 0 Å². The lowest BCUT2D eigenvalue weighted by molar-refractivity contribution is -0.142. The van der Waals surface area contributed by atoms with Gasteiger partial charge in [-0.15, -0.1) is 0 Å². The highest BCUT2D eigenvalue weighted by atomic mass is 79.9. The van der Waals surface area contributed by atoms with Crippen molar-refractivity contribution in [3.8, 4) is 5.75 Å². The molecule has 0 spiro atoms. The molecule has 1 atom stereocenters. The van der Waals surface area contributed by atoms with Crippen LogP contribution in [0.2, 0.25) is 5.02 Å². The molecule has 7 heteroatoms. The SMILES string of the molecule is CCCCNC(=O)[C@@H](Cc1ccccc1)N(Cc1cccc(C)c1)C(=O)COc1ccc(Br)cc1Cl. The highest BCUT2D eigenvalue weighted by molar-refractivity contribution is 9.10. The van der Waals surface area contributed by atoms with Crippen molar-refractivity contribution in [1.29, 1.82) is 0 Å². The molecule has 0 saturated heterocycles. The summed E-state index contributed by atoms with van der Waals surface area (Å²) in [5, 5.41) is 3.43. The second-order valence-corrected chi connectivity index (χ2v) is 10.0. The molecule has 2 amide bonds. The number of aryl methyl sites for hydroxylation is 1. The predicted octanol–water partition coefficient (Wildman–Crippen LogP) is 6.35. The van der Waals surface area contributed by atoms with Crippen LogP contribution in [0, 0.1) is 6.92 Å². The Bertz CT molecular complexity index is 1160. The van der Waals surface area contributed by atoms with Crippen LogP contribution in [-0.4, -0.2) is 35.9 Å². The molecule has 0 aliphatic heterocycles. The summed E-state index contributed by atoms with van der Waals surface area (Å²) >= 11 is 9.66. The molecule has 0 bridgehead atoms. The van der Waals surface area contributed by atoms with Gasteiger partial charge >= 0.3 is 0 Å². The fourth-order valence-electron chi connectivity index (χ4n) is 3.88. The van der Waals surface area contributed by atoms with Crippen molar-refractivity contribution >= 4 is 39.3 Å². The van der Waals surface area contributed by atoms with Gasteiger partial charge in [-0.1, -0.05) is 101 Å². The van der Waals surface area contributed by atoms with Gasteiger partial charge in [0, 0.05) is 24.0 Å². The molecule has 0 aliphatic rings. The summed E-state index contributed by atoms with van der Waals surface area (Å²) < 4.78 is 6.62. The number of hydrogen-bond donors (Lipinski definition) is 1. The van der Waals surface area contributed by atoms with E-state index in [-0.39, 0.29) is 25.0 Å². The minimum atomic E-state index is -0.693. The van der Waals surface area contributed by atoms with Crippen LogP contribution >= 0.6 is 27.5 Å². The number of ether oxygens (including phenoxy) is 1. The van der Waals surface area contributed by atoms with E-state index >= 15 is 0 Å². The number of nitrogens with zero attached hydrogens (tertiary/aromatic N) is 1. The summed E-state index contributed by atoms with van der Waals surface area (Å²) in [6.07, 6.45) is 2.24. The van der Waals surface area contributed by atoms with Gasteiger partial charge in [-0.3, -0.25) is 9.59 Å². The third-order valence-electron chi connectivity index (χ3n) is 5.78. The highest BCUT2D eigenvalue weighted by Crippen LogP contribution is 2.28.